The molecule has 0 bridgehead atoms. The highest BCUT2D eigenvalue weighted by Crippen LogP contribution is 2.40. The van der Waals surface area contributed by atoms with Gasteiger partial charge in [0.05, 0.1) is 16.7 Å². The number of aryl methyl sites for hydroxylation is 1. The van der Waals surface area contributed by atoms with Crippen LogP contribution in [0.15, 0.2) is 28.7 Å². The van der Waals surface area contributed by atoms with Crippen LogP contribution >= 0.6 is 15.9 Å². The van der Waals surface area contributed by atoms with Gasteiger partial charge in [0.1, 0.15) is 13.6 Å². The topological polar surface area (TPSA) is 115 Å². The average molecular weight is 478 g/mol. The number of aliphatic hydroxyl groups is 2. The van der Waals surface area contributed by atoms with Crippen molar-refractivity contribution in [1.82, 2.24) is 9.97 Å². The molecule has 0 unspecified atom stereocenters. The molecule has 1 aromatic heterocycles. The number of halogens is 1. The molecule has 2 heterocycles. The summed E-state index contributed by atoms with van der Waals surface area (Å²) in [5, 5.41) is 20.9. The fourth-order valence-electron chi connectivity index (χ4n) is 3.12. The molecule has 1 aliphatic heterocycles. The highest BCUT2D eigenvalue weighted by atomic mass is 79.9. The third-order valence-electron chi connectivity index (χ3n) is 4.58. The predicted molar refractivity (Wildman–Crippen MR) is 112 cm³/mol. The average Bonchev–Trinajstić information content (AvgIpc) is 2.72. The fraction of sp³-hybridized carbons (Fsp3) is 0.300. The van der Waals surface area contributed by atoms with Crippen molar-refractivity contribution >= 4 is 38.5 Å². The van der Waals surface area contributed by atoms with Crippen LogP contribution < -0.4 is 14.8 Å². The Labute approximate surface area is 180 Å². The van der Waals surface area contributed by atoms with Crippen LogP contribution in [0.3, 0.4) is 0 Å². The van der Waals surface area contributed by atoms with Gasteiger partial charge in [-0.3, -0.25) is 0 Å². The molecule has 0 spiro atoms. The van der Waals surface area contributed by atoms with Gasteiger partial charge in [-0.1, -0.05) is 15.9 Å². The quantitative estimate of drug-likeness (QED) is 0.260. The van der Waals surface area contributed by atoms with Crippen LogP contribution in [0.2, 0.25) is 0 Å². The molecule has 0 saturated heterocycles. The maximum Gasteiger partial charge on any atom is 0.191 e. The van der Waals surface area contributed by atoms with Crippen molar-refractivity contribution in [3.63, 3.8) is 0 Å². The number of hydrogen-bond donors (Lipinski definition) is 3. The lowest BCUT2D eigenvalue weighted by Crippen LogP contribution is -2.13. The van der Waals surface area contributed by atoms with Gasteiger partial charge in [0.25, 0.3) is 0 Å². The van der Waals surface area contributed by atoms with E-state index in [1.165, 1.54) is 0 Å². The van der Waals surface area contributed by atoms with E-state index in [0.717, 1.165) is 38.0 Å². The normalized spacial score (nSPS) is 12.3. The molecule has 30 heavy (non-hydrogen) atoms. The zero-order chi connectivity index (χ0) is 21.1. The maximum atomic E-state index is 8.80. The largest absolute Gasteiger partial charge is 0.464 e. The van der Waals surface area contributed by atoms with Crippen LogP contribution in [-0.2, 0) is 15.9 Å². The van der Waals surface area contributed by atoms with E-state index in [9.17, 15) is 0 Å². The molecule has 4 rings (SSSR count). The number of aromatic nitrogens is 2. The molecule has 3 N–H and O–H groups in total. The second-order valence-corrected chi connectivity index (χ2v) is 7.41. The first-order valence-electron chi connectivity index (χ1n) is 9.12. The lowest BCUT2D eigenvalue weighted by molar-refractivity contribution is -0.0745. The molecule has 9 nitrogen and oxygen atoms in total. The van der Waals surface area contributed by atoms with Crippen molar-refractivity contribution in [3.05, 3.63) is 45.6 Å². The van der Waals surface area contributed by atoms with Crippen LogP contribution in [0.5, 0.6) is 11.5 Å². The lowest BCUT2D eigenvalue weighted by Gasteiger charge is -2.23. The minimum atomic E-state index is -0.460. The van der Waals surface area contributed by atoms with E-state index in [0.29, 0.717) is 23.7 Å². The zero-order valence-corrected chi connectivity index (χ0v) is 17.7. The van der Waals surface area contributed by atoms with Crippen molar-refractivity contribution in [1.29, 1.82) is 0 Å². The first kappa shape index (κ1) is 20.8. The molecule has 0 atom stereocenters. The van der Waals surface area contributed by atoms with Crippen molar-refractivity contribution in [2.75, 3.05) is 32.5 Å². The smallest absolute Gasteiger partial charge is 0.191 e. The van der Waals surface area contributed by atoms with Gasteiger partial charge in [-0.25, -0.2) is 9.97 Å². The molecule has 10 heteroatoms. The Bertz CT molecular complexity index is 995. The number of nitrogens with zero attached hydrogens (tertiary/aromatic N) is 2. The summed E-state index contributed by atoms with van der Waals surface area (Å²) in [7, 11) is 0. The van der Waals surface area contributed by atoms with Gasteiger partial charge in [-0.2, -0.15) is 0 Å². The molecule has 0 aliphatic carbocycles. The van der Waals surface area contributed by atoms with Crippen molar-refractivity contribution in [2.45, 2.75) is 13.3 Å². The number of rotatable bonds is 8. The number of nitrogens with one attached hydrogen (secondary N) is 1. The van der Waals surface area contributed by atoms with E-state index in [-0.39, 0.29) is 13.6 Å². The third kappa shape index (κ3) is 4.32. The summed E-state index contributed by atoms with van der Waals surface area (Å²) < 4.78 is 21.8. The van der Waals surface area contributed by atoms with Gasteiger partial charge in [-0.05, 0) is 36.2 Å². The van der Waals surface area contributed by atoms with Crippen molar-refractivity contribution in [2.24, 2.45) is 0 Å². The third-order valence-corrected chi connectivity index (χ3v) is 5.43. The van der Waals surface area contributed by atoms with Gasteiger partial charge < -0.3 is 34.5 Å². The van der Waals surface area contributed by atoms with Gasteiger partial charge >= 0.3 is 0 Å². The molecule has 0 saturated carbocycles. The highest BCUT2D eigenvalue weighted by Gasteiger charge is 2.22. The standard InChI is InChI=1S/C20H20BrN3O6/c1-11-2-15-16(5-13(11)21)22-17-3-12-4-18(29-9-27-7-25)19(30-10-28-8-26)6-14(12)23-20(17)24-15/h2,4-6,25-26H,3,7-10H2,1H3,(H,23,24). The highest BCUT2D eigenvalue weighted by molar-refractivity contribution is 9.10. The minimum Gasteiger partial charge on any atom is -0.464 e. The van der Waals surface area contributed by atoms with Gasteiger partial charge in [0.15, 0.2) is 30.9 Å². The molecule has 158 valence electrons. The number of ether oxygens (including phenoxy) is 4. The predicted octanol–water partition coefficient (Wildman–Crippen LogP) is 2.95. The SMILES string of the molecule is Cc1cc2nc3c(nc2cc1Br)Cc1cc(OCOCO)c(OCOCO)cc1N3. The van der Waals surface area contributed by atoms with Crippen LogP contribution in [0.4, 0.5) is 11.5 Å². The molecule has 3 aromatic rings. The maximum absolute atomic E-state index is 8.80. The Morgan fingerprint density at radius 3 is 2.33 bits per heavy atom. The van der Waals surface area contributed by atoms with E-state index in [4.69, 9.17) is 39.1 Å². The van der Waals surface area contributed by atoms with E-state index >= 15 is 0 Å². The van der Waals surface area contributed by atoms with Gasteiger partial charge in [-0.15, -0.1) is 0 Å². The Morgan fingerprint density at radius 1 is 0.967 bits per heavy atom. The van der Waals surface area contributed by atoms with E-state index < -0.39 is 13.6 Å². The summed E-state index contributed by atoms with van der Waals surface area (Å²) in [6.45, 7) is 0.795. The Hall–Kier alpha value is -2.50. The second-order valence-electron chi connectivity index (χ2n) is 6.56. The number of benzene rings is 2. The summed E-state index contributed by atoms with van der Waals surface area (Å²) in [5.41, 5.74) is 5.26. The Balaban J connectivity index is 1.67. The summed E-state index contributed by atoms with van der Waals surface area (Å²) in [6.07, 6.45) is 0.552. The molecule has 0 radical (unpaired) electrons. The molecule has 2 aromatic carbocycles. The Kier molecular flexibility index (Phi) is 6.30. The summed E-state index contributed by atoms with van der Waals surface area (Å²) in [4.78, 5) is 9.50. The first-order valence-corrected chi connectivity index (χ1v) is 9.92. The molecular weight excluding hydrogens is 458 g/mol. The zero-order valence-electron chi connectivity index (χ0n) is 16.1. The number of anilines is 2. The summed E-state index contributed by atoms with van der Waals surface area (Å²) in [6, 6.07) is 7.54. The number of fused-ring (bicyclic) bond motifs is 3. The Morgan fingerprint density at radius 2 is 1.63 bits per heavy atom. The first-order chi connectivity index (χ1) is 14.6. The van der Waals surface area contributed by atoms with Crippen LogP contribution in [-0.4, -0.2) is 47.4 Å². The van der Waals surface area contributed by atoms with Crippen LogP contribution in [0.1, 0.15) is 16.8 Å². The van der Waals surface area contributed by atoms with E-state index in [1.54, 1.807) is 6.07 Å². The molecular formula is C20H20BrN3O6. The van der Waals surface area contributed by atoms with E-state index in [1.807, 2.05) is 25.1 Å². The monoisotopic (exact) mass is 477 g/mol. The number of hydrogen-bond acceptors (Lipinski definition) is 9. The van der Waals surface area contributed by atoms with E-state index in [2.05, 4.69) is 21.2 Å². The van der Waals surface area contributed by atoms with Gasteiger partial charge in [0, 0.05) is 22.6 Å². The molecule has 0 amide bonds. The van der Waals surface area contributed by atoms with Gasteiger partial charge in [0.2, 0.25) is 0 Å². The van der Waals surface area contributed by atoms with Crippen LogP contribution in [0.25, 0.3) is 11.0 Å². The molecule has 0 fully saturated rings. The fourth-order valence-corrected chi connectivity index (χ4v) is 3.46. The summed E-state index contributed by atoms with van der Waals surface area (Å²) in [5.74, 6) is 1.50. The molecule has 1 aliphatic rings. The van der Waals surface area contributed by atoms with Crippen LogP contribution in [0, 0.1) is 6.92 Å². The minimum absolute atomic E-state index is 0.145. The second kappa shape index (κ2) is 9.11. The van der Waals surface area contributed by atoms with Crippen molar-refractivity contribution in [3.8, 4) is 11.5 Å². The lowest BCUT2D eigenvalue weighted by atomic mass is 10.0. The summed E-state index contributed by atoms with van der Waals surface area (Å²) >= 11 is 3.54. The van der Waals surface area contributed by atoms with Crippen molar-refractivity contribution < 1.29 is 29.2 Å². The number of aliphatic hydroxyl groups excluding tert-OH is 2.